The molecule has 27 heavy (non-hydrogen) atoms. The van der Waals surface area contributed by atoms with Gasteiger partial charge in [0, 0.05) is 10.9 Å². The van der Waals surface area contributed by atoms with Gasteiger partial charge in [-0.1, -0.05) is 74.0 Å². The van der Waals surface area contributed by atoms with Crippen LogP contribution in [0.3, 0.4) is 0 Å². The average Bonchev–Trinajstić information content (AvgIpc) is 2.70. The zero-order valence-corrected chi connectivity index (χ0v) is 18.7. The summed E-state index contributed by atoms with van der Waals surface area (Å²) in [5.41, 5.74) is 1.31. The Morgan fingerprint density at radius 2 is 1.52 bits per heavy atom. The minimum atomic E-state index is 0.805. The topological polar surface area (TPSA) is 18.5 Å². The Morgan fingerprint density at radius 3 is 2.26 bits per heavy atom. The number of alkyl halides is 1. The third-order valence-electron chi connectivity index (χ3n) is 4.97. The molecule has 0 atom stereocenters. The van der Waals surface area contributed by atoms with Crippen molar-refractivity contribution in [2.45, 2.75) is 71.6 Å². The molecule has 2 rings (SSSR count). The lowest BCUT2D eigenvalue weighted by molar-refractivity contribution is 0.302. The van der Waals surface area contributed by atoms with E-state index in [9.17, 15) is 0 Å². The van der Waals surface area contributed by atoms with E-state index in [1.54, 1.807) is 0 Å². The van der Waals surface area contributed by atoms with Crippen LogP contribution in [0.4, 0.5) is 0 Å². The van der Waals surface area contributed by atoms with Crippen LogP contribution in [0.25, 0.3) is 10.8 Å². The Hall–Kier alpha value is -1.22. The summed E-state index contributed by atoms with van der Waals surface area (Å²) in [5, 5.41) is 3.62. The van der Waals surface area contributed by atoms with E-state index in [-0.39, 0.29) is 0 Å². The number of hydrogen-bond donors (Lipinski definition) is 0. The summed E-state index contributed by atoms with van der Waals surface area (Å²) in [6, 6.07) is 10.8. The highest BCUT2D eigenvalue weighted by Gasteiger charge is 2.08. The Balaban J connectivity index is 1.95. The normalized spacial score (nSPS) is 11.1. The Kier molecular flexibility index (Phi) is 10.7. The Bertz CT molecular complexity index is 669. The first kappa shape index (κ1) is 22.1. The predicted octanol–water partition coefficient (Wildman–Crippen LogP) is 7.70. The number of fused-ring (bicyclic) bond motifs is 1. The molecule has 0 fully saturated rings. The van der Waals surface area contributed by atoms with Gasteiger partial charge in [0.2, 0.25) is 0 Å². The summed E-state index contributed by atoms with van der Waals surface area (Å²) < 4.78 is 12.0. The van der Waals surface area contributed by atoms with Crippen LogP contribution in [0.2, 0.25) is 0 Å². The number of aryl methyl sites for hydroxylation is 1. The number of benzene rings is 2. The summed E-state index contributed by atoms with van der Waals surface area (Å²) in [5.74, 6) is 2.01. The number of hydrogen-bond acceptors (Lipinski definition) is 2. The standard InChI is InChI=1S/C24H35BrO2/c1-3-5-6-10-17-26-21-13-14-23-20(19-21)12-15-24(22(23)4-2)27-18-11-8-7-9-16-25/h12-15,19H,3-11,16-18H2,1-2H3. The lowest BCUT2D eigenvalue weighted by Crippen LogP contribution is -2.01. The first-order chi connectivity index (χ1) is 13.3. The van der Waals surface area contributed by atoms with Crippen molar-refractivity contribution in [3.63, 3.8) is 0 Å². The smallest absolute Gasteiger partial charge is 0.123 e. The molecule has 0 aliphatic carbocycles. The highest BCUT2D eigenvalue weighted by molar-refractivity contribution is 9.09. The molecule has 0 aromatic heterocycles. The highest BCUT2D eigenvalue weighted by atomic mass is 79.9. The van der Waals surface area contributed by atoms with Gasteiger partial charge in [0.1, 0.15) is 11.5 Å². The van der Waals surface area contributed by atoms with Gasteiger partial charge in [-0.2, -0.15) is 0 Å². The van der Waals surface area contributed by atoms with Gasteiger partial charge in [-0.05, 0) is 54.7 Å². The van der Waals surface area contributed by atoms with Crippen LogP contribution in [-0.4, -0.2) is 18.5 Å². The predicted molar refractivity (Wildman–Crippen MR) is 121 cm³/mol. The molecule has 0 unspecified atom stereocenters. The second-order valence-electron chi connectivity index (χ2n) is 7.14. The minimum Gasteiger partial charge on any atom is -0.494 e. The largest absolute Gasteiger partial charge is 0.494 e. The maximum atomic E-state index is 6.11. The van der Waals surface area contributed by atoms with Crippen LogP contribution in [0.1, 0.15) is 70.8 Å². The quantitative estimate of drug-likeness (QED) is 0.224. The van der Waals surface area contributed by atoms with Crippen molar-refractivity contribution in [1.82, 2.24) is 0 Å². The molecule has 150 valence electrons. The summed E-state index contributed by atoms with van der Waals surface area (Å²) in [7, 11) is 0. The third kappa shape index (κ3) is 7.37. The summed E-state index contributed by atoms with van der Waals surface area (Å²) in [4.78, 5) is 0. The lowest BCUT2D eigenvalue weighted by atomic mass is 10.0. The molecule has 2 nitrogen and oxygen atoms in total. The van der Waals surface area contributed by atoms with Gasteiger partial charge >= 0.3 is 0 Å². The minimum absolute atomic E-state index is 0.805. The van der Waals surface area contributed by atoms with Crippen molar-refractivity contribution >= 4 is 26.7 Å². The monoisotopic (exact) mass is 434 g/mol. The van der Waals surface area contributed by atoms with Crippen molar-refractivity contribution in [2.75, 3.05) is 18.5 Å². The second kappa shape index (κ2) is 13.0. The molecular formula is C24H35BrO2. The van der Waals surface area contributed by atoms with Gasteiger partial charge in [0.15, 0.2) is 0 Å². The van der Waals surface area contributed by atoms with E-state index in [1.807, 2.05) is 0 Å². The van der Waals surface area contributed by atoms with Gasteiger partial charge in [-0.15, -0.1) is 0 Å². The average molecular weight is 435 g/mol. The number of halogens is 1. The third-order valence-corrected chi connectivity index (χ3v) is 5.53. The lowest BCUT2D eigenvalue weighted by Gasteiger charge is -2.14. The molecule has 0 aliphatic heterocycles. The van der Waals surface area contributed by atoms with E-state index in [1.165, 1.54) is 54.9 Å². The van der Waals surface area contributed by atoms with Crippen molar-refractivity contribution < 1.29 is 9.47 Å². The summed E-state index contributed by atoms with van der Waals surface area (Å²) in [6.45, 7) is 6.05. The number of rotatable bonds is 14. The molecule has 0 spiro atoms. The molecule has 2 aromatic rings. The molecule has 0 radical (unpaired) electrons. The van der Waals surface area contributed by atoms with Crippen molar-refractivity contribution in [1.29, 1.82) is 0 Å². The van der Waals surface area contributed by atoms with E-state index in [2.05, 4.69) is 60.1 Å². The van der Waals surface area contributed by atoms with E-state index in [0.717, 1.165) is 49.3 Å². The van der Waals surface area contributed by atoms with Crippen LogP contribution in [-0.2, 0) is 6.42 Å². The van der Waals surface area contributed by atoms with Gasteiger partial charge in [0.25, 0.3) is 0 Å². The van der Waals surface area contributed by atoms with Crippen LogP contribution in [0.15, 0.2) is 30.3 Å². The molecule has 2 aromatic carbocycles. The zero-order chi connectivity index (χ0) is 19.3. The van der Waals surface area contributed by atoms with E-state index >= 15 is 0 Å². The molecule has 0 saturated heterocycles. The highest BCUT2D eigenvalue weighted by Crippen LogP contribution is 2.31. The van der Waals surface area contributed by atoms with Crippen LogP contribution in [0.5, 0.6) is 11.5 Å². The van der Waals surface area contributed by atoms with Crippen molar-refractivity contribution in [2.24, 2.45) is 0 Å². The molecule has 0 aliphatic rings. The molecule has 0 N–H and O–H groups in total. The summed E-state index contributed by atoms with van der Waals surface area (Å²) in [6.07, 6.45) is 10.8. The van der Waals surface area contributed by atoms with E-state index in [0.29, 0.717) is 0 Å². The maximum absolute atomic E-state index is 6.11. The van der Waals surface area contributed by atoms with Crippen molar-refractivity contribution in [3.8, 4) is 11.5 Å². The molecular weight excluding hydrogens is 400 g/mol. The van der Waals surface area contributed by atoms with Gasteiger partial charge < -0.3 is 9.47 Å². The number of ether oxygens (including phenoxy) is 2. The zero-order valence-electron chi connectivity index (χ0n) is 17.1. The molecule has 0 bridgehead atoms. The van der Waals surface area contributed by atoms with Crippen LogP contribution < -0.4 is 9.47 Å². The molecule has 0 amide bonds. The first-order valence-corrected chi connectivity index (χ1v) is 11.8. The Morgan fingerprint density at radius 1 is 0.778 bits per heavy atom. The first-order valence-electron chi connectivity index (χ1n) is 10.7. The number of unbranched alkanes of at least 4 members (excludes halogenated alkanes) is 6. The van der Waals surface area contributed by atoms with Gasteiger partial charge in [-0.25, -0.2) is 0 Å². The SMILES string of the molecule is CCCCCCOc1ccc2c(CC)c(OCCCCCCBr)ccc2c1. The van der Waals surface area contributed by atoms with Crippen molar-refractivity contribution in [3.05, 3.63) is 35.9 Å². The second-order valence-corrected chi connectivity index (χ2v) is 7.93. The van der Waals surface area contributed by atoms with Crippen LogP contribution in [0, 0.1) is 0 Å². The fraction of sp³-hybridized carbons (Fsp3) is 0.583. The van der Waals surface area contributed by atoms with Gasteiger partial charge in [0.05, 0.1) is 13.2 Å². The molecule has 0 heterocycles. The maximum Gasteiger partial charge on any atom is 0.123 e. The summed E-state index contributed by atoms with van der Waals surface area (Å²) >= 11 is 3.49. The fourth-order valence-electron chi connectivity index (χ4n) is 3.39. The molecule has 3 heteroatoms. The van der Waals surface area contributed by atoms with Gasteiger partial charge in [-0.3, -0.25) is 0 Å². The Labute approximate surface area is 173 Å². The van der Waals surface area contributed by atoms with E-state index in [4.69, 9.17) is 9.47 Å². The van der Waals surface area contributed by atoms with Crippen LogP contribution >= 0.6 is 15.9 Å². The molecule has 0 saturated carbocycles. The van der Waals surface area contributed by atoms with E-state index < -0.39 is 0 Å². The fourth-order valence-corrected chi connectivity index (χ4v) is 3.79.